The van der Waals surface area contributed by atoms with Crippen LogP contribution in [0.25, 0.3) is 0 Å². The molecule has 1 amide bonds. The normalized spacial score (nSPS) is 16.8. The van der Waals surface area contributed by atoms with Crippen LogP contribution in [0.1, 0.15) is 46.7 Å². The van der Waals surface area contributed by atoms with Crippen molar-refractivity contribution in [3.63, 3.8) is 0 Å². The molecule has 1 saturated heterocycles. The minimum absolute atomic E-state index is 0.172. The summed E-state index contributed by atoms with van der Waals surface area (Å²) in [6, 6.07) is 7.82. The van der Waals surface area contributed by atoms with Crippen molar-refractivity contribution >= 4 is 5.91 Å². The van der Waals surface area contributed by atoms with Crippen molar-refractivity contribution in [2.75, 3.05) is 6.54 Å². The fourth-order valence-corrected chi connectivity index (χ4v) is 3.21. The summed E-state index contributed by atoms with van der Waals surface area (Å²) in [6.45, 7) is 0.614. The first kappa shape index (κ1) is 16.4. The van der Waals surface area contributed by atoms with Crippen LogP contribution in [-0.2, 0) is 6.42 Å². The Bertz CT molecular complexity index is 913. The number of carbonyl (C=O) groups excluding carboxylic acids is 1. The van der Waals surface area contributed by atoms with Crippen LogP contribution >= 0.6 is 0 Å². The smallest absolute Gasteiger partial charge is 0.292 e. The van der Waals surface area contributed by atoms with Gasteiger partial charge in [0.1, 0.15) is 17.6 Å². The van der Waals surface area contributed by atoms with Gasteiger partial charge >= 0.3 is 0 Å². The van der Waals surface area contributed by atoms with E-state index in [9.17, 15) is 9.18 Å². The second-order valence-corrected chi connectivity index (χ2v) is 6.20. The second kappa shape index (κ2) is 7.03. The maximum absolute atomic E-state index is 13.3. The third kappa shape index (κ3) is 3.33. The van der Waals surface area contributed by atoms with Crippen LogP contribution in [0.4, 0.5) is 4.39 Å². The maximum Gasteiger partial charge on any atom is 0.292 e. The number of amides is 1. The monoisotopic (exact) mass is 352 g/mol. The van der Waals surface area contributed by atoms with Crippen molar-refractivity contribution in [3.8, 4) is 0 Å². The van der Waals surface area contributed by atoms with E-state index in [1.165, 1.54) is 12.1 Å². The molecule has 1 aliphatic rings. The molecule has 1 aliphatic heterocycles. The molecule has 0 spiro atoms. The summed E-state index contributed by atoms with van der Waals surface area (Å²) in [5.74, 6) is 0.806. The molecule has 0 saturated carbocycles. The van der Waals surface area contributed by atoms with Gasteiger partial charge in [-0.1, -0.05) is 12.1 Å². The molecule has 1 fully saturated rings. The van der Waals surface area contributed by atoms with Crippen molar-refractivity contribution in [1.82, 2.24) is 19.9 Å². The summed E-state index contributed by atoms with van der Waals surface area (Å²) in [6.07, 6.45) is 6.83. The number of hydrogen-bond acceptors (Lipinski definition) is 5. The average Bonchev–Trinajstić information content (AvgIpc) is 3.31. The van der Waals surface area contributed by atoms with E-state index in [1.54, 1.807) is 35.6 Å². The quantitative estimate of drug-likeness (QED) is 0.721. The Morgan fingerprint density at radius 3 is 2.88 bits per heavy atom. The first-order chi connectivity index (χ1) is 12.7. The van der Waals surface area contributed by atoms with Gasteiger partial charge in [0, 0.05) is 25.4 Å². The Kier molecular flexibility index (Phi) is 4.43. The van der Waals surface area contributed by atoms with E-state index < -0.39 is 0 Å². The highest BCUT2D eigenvalue weighted by Gasteiger charge is 2.34. The van der Waals surface area contributed by atoms with Crippen LogP contribution in [-0.4, -0.2) is 32.3 Å². The van der Waals surface area contributed by atoms with E-state index in [-0.39, 0.29) is 23.6 Å². The van der Waals surface area contributed by atoms with Gasteiger partial charge in [-0.2, -0.15) is 0 Å². The minimum Gasteiger partial charge on any atom is -0.443 e. The maximum atomic E-state index is 13.3. The summed E-state index contributed by atoms with van der Waals surface area (Å²) in [5.41, 5.74) is 0.810. The van der Waals surface area contributed by atoms with Gasteiger partial charge in [0.15, 0.2) is 0 Å². The zero-order chi connectivity index (χ0) is 17.9. The molecule has 4 rings (SSSR count). The zero-order valence-electron chi connectivity index (χ0n) is 14.0. The molecule has 1 aromatic carbocycles. The number of oxazole rings is 1. The fraction of sp³-hybridized carbons (Fsp3) is 0.263. The van der Waals surface area contributed by atoms with Crippen LogP contribution < -0.4 is 0 Å². The molecule has 6 nitrogen and oxygen atoms in total. The van der Waals surface area contributed by atoms with Gasteiger partial charge in [-0.25, -0.2) is 19.3 Å². The number of likely N-dealkylation sites (tertiary alicyclic amines) is 1. The van der Waals surface area contributed by atoms with E-state index in [0.29, 0.717) is 24.6 Å². The average molecular weight is 352 g/mol. The summed E-state index contributed by atoms with van der Waals surface area (Å²) in [5, 5.41) is 0. The largest absolute Gasteiger partial charge is 0.443 e. The van der Waals surface area contributed by atoms with Crippen molar-refractivity contribution in [3.05, 3.63) is 77.8 Å². The minimum atomic E-state index is -0.280. The van der Waals surface area contributed by atoms with Gasteiger partial charge in [-0.3, -0.25) is 4.79 Å². The molecule has 132 valence electrons. The van der Waals surface area contributed by atoms with Gasteiger partial charge in [0.25, 0.3) is 5.91 Å². The summed E-state index contributed by atoms with van der Waals surface area (Å²) >= 11 is 0. The molecule has 0 bridgehead atoms. The Morgan fingerprint density at radius 1 is 1.23 bits per heavy atom. The van der Waals surface area contributed by atoms with Crippen molar-refractivity contribution in [1.29, 1.82) is 0 Å². The molecule has 0 aliphatic carbocycles. The van der Waals surface area contributed by atoms with Crippen molar-refractivity contribution in [2.24, 2.45) is 0 Å². The Balaban J connectivity index is 1.52. The SMILES string of the molecule is O=C(c1ncccn1)N1CCCC1c1ncc(Cc2cccc(F)c2)o1. The molecular weight excluding hydrogens is 335 g/mol. The number of aromatic nitrogens is 3. The molecule has 2 aromatic heterocycles. The molecule has 0 N–H and O–H groups in total. The highest BCUT2D eigenvalue weighted by molar-refractivity contribution is 5.90. The highest BCUT2D eigenvalue weighted by Crippen LogP contribution is 2.32. The lowest BCUT2D eigenvalue weighted by molar-refractivity contribution is 0.0702. The third-order valence-corrected chi connectivity index (χ3v) is 4.39. The molecule has 1 unspecified atom stereocenters. The first-order valence-electron chi connectivity index (χ1n) is 8.48. The summed E-state index contributed by atoms with van der Waals surface area (Å²) in [7, 11) is 0. The molecule has 3 aromatic rings. The molecule has 3 heterocycles. The van der Waals surface area contributed by atoms with Gasteiger partial charge in [-0.15, -0.1) is 0 Å². The number of halogens is 1. The molecule has 7 heteroatoms. The summed E-state index contributed by atoms with van der Waals surface area (Å²) < 4.78 is 19.2. The lowest BCUT2D eigenvalue weighted by Gasteiger charge is -2.21. The van der Waals surface area contributed by atoms with Gasteiger partial charge in [-0.05, 0) is 36.6 Å². The van der Waals surface area contributed by atoms with Gasteiger partial charge in [0.05, 0.1) is 6.20 Å². The standard InChI is InChI=1S/C19H17FN4O2/c20-14-5-1-4-13(10-14)11-15-12-23-18(26-15)16-6-2-9-24(16)19(25)17-21-7-3-8-22-17/h1,3-5,7-8,10,12,16H,2,6,9,11H2. The topological polar surface area (TPSA) is 72.1 Å². The molecule has 1 atom stereocenters. The molecule has 0 radical (unpaired) electrons. The lowest BCUT2D eigenvalue weighted by Crippen LogP contribution is -2.32. The van der Waals surface area contributed by atoms with E-state index in [1.807, 2.05) is 6.07 Å². The molecular formula is C19H17FN4O2. The van der Waals surface area contributed by atoms with Crippen LogP contribution in [0.3, 0.4) is 0 Å². The van der Waals surface area contributed by atoms with E-state index in [0.717, 1.165) is 18.4 Å². The van der Waals surface area contributed by atoms with Crippen LogP contribution in [0.2, 0.25) is 0 Å². The number of rotatable bonds is 4. The van der Waals surface area contributed by atoms with Crippen LogP contribution in [0.5, 0.6) is 0 Å². The zero-order valence-corrected chi connectivity index (χ0v) is 14.0. The number of benzene rings is 1. The van der Waals surface area contributed by atoms with Gasteiger partial charge in [0.2, 0.25) is 11.7 Å². The van der Waals surface area contributed by atoms with Crippen LogP contribution in [0, 0.1) is 5.82 Å². The van der Waals surface area contributed by atoms with Crippen molar-refractivity contribution in [2.45, 2.75) is 25.3 Å². The Labute approximate surface area is 149 Å². The van der Waals surface area contributed by atoms with Gasteiger partial charge < -0.3 is 9.32 Å². The number of hydrogen-bond donors (Lipinski definition) is 0. The predicted octanol–water partition coefficient (Wildman–Crippen LogP) is 3.17. The Morgan fingerprint density at radius 2 is 2.08 bits per heavy atom. The van der Waals surface area contributed by atoms with Crippen LogP contribution in [0.15, 0.2) is 53.3 Å². The molecule has 26 heavy (non-hydrogen) atoms. The van der Waals surface area contributed by atoms with E-state index in [2.05, 4.69) is 15.0 Å². The van der Waals surface area contributed by atoms with E-state index >= 15 is 0 Å². The second-order valence-electron chi connectivity index (χ2n) is 6.20. The predicted molar refractivity (Wildman–Crippen MR) is 90.8 cm³/mol. The fourth-order valence-electron chi connectivity index (χ4n) is 3.21. The lowest BCUT2D eigenvalue weighted by atomic mass is 10.1. The number of nitrogens with zero attached hydrogens (tertiary/aromatic N) is 4. The highest BCUT2D eigenvalue weighted by atomic mass is 19.1. The first-order valence-corrected chi connectivity index (χ1v) is 8.48. The van der Waals surface area contributed by atoms with Crippen molar-refractivity contribution < 1.29 is 13.6 Å². The summed E-state index contributed by atoms with van der Waals surface area (Å²) in [4.78, 5) is 26.8. The Hall–Kier alpha value is -3.09. The number of carbonyl (C=O) groups is 1. The third-order valence-electron chi connectivity index (χ3n) is 4.39. The van der Waals surface area contributed by atoms with E-state index in [4.69, 9.17) is 4.42 Å².